The molecule has 1 aromatic rings. The lowest BCUT2D eigenvalue weighted by Crippen LogP contribution is -2.49. The van der Waals surface area contributed by atoms with E-state index in [9.17, 15) is 4.79 Å². The summed E-state index contributed by atoms with van der Waals surface area (Å²) < 4.78 is 11.0. The van der Waals surface area contributed by atoms with E-state index >= 15 is 0 Å². The zero-order valence-electron chi connectivity index (χ0n) is 13.7. The van der Waals surface area contributed by atoms with Gasteiger partial charge in [-0.2, -0.15) is 0 Å². The Morgan fingerprint density at radius 1 is 1.32 bits per heavy atom. The summed E-state index contributed by atoms with van der Waals surface area (Å²) in [6.45, 7) is 6.76. The first-order chi connectivity index (χ1) is 10.6. The third kappa shape index (κ3) is 5.00. The summed E-state index contributed by atoms with van der Waals surface area (Å²) >= 11 is 0. The fourth-order valence-electron chi connectivity index (χ4n) is 2.92. The first kappa shape index (κ1) is 16.8. The molecule has 1 aliphatic heterocycles. The van der Waals surface area contributed by atoms with E-state index in [2.05, 4.69) is 10.2 Å². The molecule has 22 heavy (non-hydrogen) atoms. The number of carbonyl (C=O) groups is 1. The number of para-hydroxylation sites is 1. The van der Waals surface area contributed by atoms with Gasteiger partial charge in [-0.15, -0.1) is 0 Å². The standard InChI is InChI=1S/C17H26N2O3/c1-13-10-19(11-14(2)22-13)12-17(20)18-9-8-15-6-4-5-7-16(15)21-3/h4-7,13-14H,8-12H2,1-3H3,(H,18,20)/t13-,14-/m1/s1. The molecule has 1 heterocycles. The average molecular weight is 306 g/mol. The second kappa shape index (κ2) is 8.15. The molecule has 1 aliphatic rings. The maximum Gasteiger partial charge on any atom is 0.234 e. The molecule has 122 valence electrons. The van der Waals surface area contributed by atoms with Gasteiger partial charge in [-0.1, -0.05) is 18.2 Å². The Labute approximate surface area is 132 Å². The summed E-state index contributed by atoms with van der Waals surface area (Å²) in [5.74, 6) is 0.934. The molecule has 2 rings (SSSR count). The molecule has 0 saturated carbocycles. The highest BCUT2D eigenvalue weighted by atomic mass is 16.5. The predicted octanol–water partition coefficient (Wildman–Crippen LogP) is 1.46. The van der Waals surface area contributed by atoms with Crippen molar-refractivity contribution in [2.75, 3.05) is 33.3 Å². The van der Waals surface area contributed by atoms with Crippen LogP contribution in [0.2, 0.25) is 0 Å². The predicted molar refractivity (Wildman–Crippen MR) is 86.2 cm³/mol. The normalized spacial score (nSPS) is 22.3. The summed E-state index contributed by atoms with van der Waals surface area (Å²) in [7, 11) is 1.66. The molecule has 0 aliphatic carbocycles. The van der Waals surface area contributed by atoms with Gasteiger partial charge < -0.3 is 14.8 Å². The van der Waals surface area contributed by atoms with Gasteiger partial charge in [0.1, 0.15) is 5.75 Å². The second-order valence-corrected chi connectivity index (χ2v) is 5.86. The van der Waals surface area contributed by atoms with Crippen LogP contribution >= 0.6 is 0 Å². The number of rotatable bonds is 6. The monoisotopic (exact) mass is 306 g/mol. The van der Waals surface area contributed by atoms with Gasteiger partial charge in [0.25, 0.3) is 0 Å². The molecule has 5 heteroatoms. The van der Waals surface area contributed by atoms with Crippen molar-refractivity contribution < 1.29 is 14.3 Å². The molecule has 1 amide bonds. The zero-order chi connectivity index (χ0) is 15.9. The van der Waals surface area contributed by atoms with Crippen molar-refractivity contribution in [1.82, 2.24) is 10.2 Å². The molecule has 0 aromatic heterocycles. The number of methoxy groups -OCH3 is 1. The molecule has 1 N–H and O–H groups in total. The topological polar surface area (TPSA) is 50.8 Å². The van der Waals surface area contributed by atoms with Gasteiger partial charge in [-0.25, -0.2) is 0 Å². The lowest BCUT2D eigenvalue weighted by atomic mass is 10.1. The molecule has 2 atom stereocenters. The smallest absolute Gasteiger partial charge is 0.234 e. The zero-order valence-corrected chi connectivity index (χ0v) is 13.7. The molecule has 1 fully saturated rings. The highest BCUT2D eigenvalue weighted by Gasteiger charge is 2.23. The quantitative estimate of drug-likeness (QED) is 0.864. The van der Waals surface area contributed by atoms with E-state index in [0.29, 0.717) is 13.1 Å². The summed E-state index contributed by atoms with van der Waals surface area (Å²) in [6.07, 6.45) is 1.14. The van der Waals surface area contributed by atoms with Crippen LogP contribution in [0.15, 0.2) is 24.3 Å². The number of hydrogen-bond acceptors (Lipinski definition) is 4. The number of ether oxygens (including phenoxy) is 2. The van der Waals surface area contributed by atoms with Gasteiger partial charge in [-0.05, 0) is 31.9 Å². The van der Waals surface area contributed by atoms with Crippen molar-refractivity contribution in [1.29, 1.82) is 0 Å². The third-order valence-electron chi connectivity index (χ3n) is 3.77. The van der Waals surface area contributed by atoms with E-state index in [0.717, 1.165) is 30.8 Å². The van der Waals surface area contributed by atoms with Crippen molar-refractivity contribution >= 4 is 5.91 Å². The van der Waals surface area contributed by atoms with E-state index in [-0.39, 0.29) is 18.1 Å². The van der Waals surface area contributed by atoms with Crippen LogP contribution in [-0.4, -0.2) is 56.3 Å². The summed E-state index contributed by atoms with van der Waals surface area (Å²) in [4.78, 5) is 14.2. The Bertz CT molecular complexity index is 483. The van der Waals surface area contributed by atoms with Crippen molar-refractivity contribution in [3.05, 3.63) is 29.8 Å². The molecule has 0 bridgehead atoms. The van der Waals surface area contributed by atoms with Crippen LogP contribution in [0.5, 0.6) is 5.75 Å². The second-order valence-electron chi connectivity index (χ2n) is 5.86. The summed E-state index contributed by atoms with van der Waals surface area (Å²) in [5.41, 5.74) is 1.11. The number of amides is 1. The van der Waals surface area contributed by atoms with Crippen LogP contribution in [0.3, 0.4) is 0 Å². The molecule has 0 unspecified atom stereocenters. The third-order valence-corrected chi connectivity index (χ3v) is 3.77. The lowest BCUT2D eigenvalue weighted by Gasteiger charge is -2.34. The fraction of sp³-hybridized carbons (Fsp3) is 0.588. The Morgan fingerprint density at radius 3 is 2.68 bits per heavy atom. The van der Waals surface area contributed by atoms with E-state index < -0.39 is 0 Å². The largest absolute Gasteiger partial charge is 0.496 e. The number of carbonyl (C=O) groups excluding carboxylic acids is 1. The van der Waals surface area contributed by atoms with Crippen LogP contribution in [0.25, 0.3) is 0 Å². The minimum atomic E-state index is 0.0659. The van der Waals surface area contributed by atoms with Crippen LogP contribution in [-0.2, 0) is 16.0 Å². The number of benzene rings is 1. The first-order valence-electron chi connectivity index (χ1n) is 7.85. The average Bonchev–Trinajstić information content (AvgIpc) is 2.46. The van der Waals surface area contributed by atoms with Gasteiger partial charge in [0.15, 0.2) is 0 Å². The van der Waals surface area contributed by atoms with Gasteiger partial charge in [0, 0.05) is 19.6 Å². The van der Waals surface area contributed by atoms with Crippen LogP contribution in [0, 0.1) is 0 Å². The minimum Gasteiger partial charge on any atom is -0.496 e. The van der Waals surface area contributed by atoms with Crippen LogP contribution in [0.4, 0.5) is 0 Å². The maximum absolute atomic E-state index is 12.0. The molecule has 0 radical (unpaired) electrons. The van der Waals surface area contributed by atoms with Gasteiger partial charge in [0.2, 0.25) is 5.91 Å². The molecule has 1 saturated heterocycles. The maximum atomic E-state index is 12.0. The van der Waals surface area contributed by atoms with E-state index in [1.807, 2.05) is 38.1 Å². The van der Waals surface area contributed by atoms with Crippen molar-refractivity contribution in [3.63, 3.8) is 0 Å². The Morgan fingerprint density at radius 2 is 2.00 bits per heavy atom. The van der Waals surface area contributed by atoms with Gasteiger partial charge in [0.05, 0.1) is 25.9 Å². The number of nitrogens with zero attached hydrogens (tertiary/aromatic N) is 1. The molecule has 0 spiro atoms. The molecule has 1 aromatic carbocycles. The molecular formula is C17H26N2O3. The number of morpholine rings is 1. The highest BCUT2D eigenvalue weighted by molar-refractivity contribution is 5.78. The van der Waals surface area contributed by atoms with E-state index in [1.54, 1.807) is 7.11 Å². The Kier molecular flexibility index (Phi) is 6.21. The van der Waals surface area contributed by atoms with Crippen molar-refractivity contribution in [3.8, 4) is 5.75 Å². The van der Waals surface area contributed by atoms with Gasteiger partial charge in [-0.3, -0.25) is 9.69 Å². The minimum absolute atomic E-state index is 0.0659. The highest BCUT2D eigenvalue weighted by Crippen LogP contribution is 2.17. The van der Waals surface area contributed by atoms with E-state index in [1.165, 1.54) is 0 Å². The summed E-state index contributed by atoms with van der Waals surface area (Å²) in [5, 5.41) is 2.98. The Balaban J connectivity index is 1.74. The Hall–Kier alpha value is -1.59. The van der Waals surface area contributed by atoms with Crippen LogP contribution < -0.4 is 10.1 Å². The summed E-state index contributed by atoms with van der Waals surface area (Å²) in [6, 6.07) is 7.89. The van der Waals surface area contributed by atoms with Crippen molar-refractivity contribution in [2.45, 2.75) is 32.5 Å². The fourth-order valence-corrected chi connectivity index (χ4v) is 2.92. The van der Waals surface area contributed by atoms with Crippen molar-refractivity contribution in [2.24, 2.45) is 0 Å². The van der Waals surface area contributed by atoms with E-state index in [4.69, 9.17) is 9.47 Å². The number of nitrogens with one attached hydrogen (secondary N) is 1. The number of hydrogen-bond donors (Lipinski definition) is 1. The van der Waals surface area contributed by atoms with Crippen LogP contribution in [0.1, 0.15) is 19.4 Å². The first-order valence-corrected chi connectivity index (χ1v) is 7.85. The van der Waals surface area contributed by atoms with Gasteiger partial charge >= 0.3 is 0 Å². The lowest BCUT2D eigenvalue weighted by molar-refractivity contribution is -0.125. The molecular weight excluding hydrogens is 280 g/mol. The molecule has 5 nitrogen and oxygen atoms in total. The SMILES string of the molecule is COc1ccccc1CCNC(=O)CN1C[C@@H](C)O[C@H](C)C1.